The number of ether oxygens (including phenoxy) is 2. The Labute approximate surface area is 291 Å². The van der Waals surface area contributed by atoms with Crippen LogP contribution in [-0.4, -0.2) is 46.3 Å². The van der Waals surface area contributed by atoms with Gasteiger partial charge in [0, 0.05) is 5.56 Å². The Balaban J connectivity index is -0.000000222. The van der Waals surface area contributed by atoms with Crippen LogP contribution in [0, 0.1) is 28.6 Å². The number of carbonyl (C=O) groups is 1. The fraction of sp³-hybridized carbons (Fsp3) is 0.273. The predicted octanol–water partition coefficient (Wildman–Crippen LogP) is -4.94. The molecule has 0 spiro atoms. The third-order valence-electron chi connectivity index (χ3n) is 4.96. The number of nitrogens with zero attached hydrogens (tertiary/aromatic N) is 1. The minimum absolute atomic E-state index is 0. The molecule has 1 fully saturated rings. The molecule has 12 nitrogen and oxygen atoms in total. The number of rotatable bonds is 6. The number of allylic oxidation sites excluding steroid dienone is 1. The molecule has 0 aliphatic heterocycles. The molecule has 1 aliphatic rings. The van der Waals surface area contributed by atoms with Crippen LogP contribution in [0.2, 0.25) is 0 Å². The molecule has 3 unspecified atom stereocenters. The number of para-hydroxylation sites is 1. The molecule has 2 aromatic carbocycles. The number of halogens is 2. The second-order valence-electron chi connectivity index (χ2n) is 7.62. The molecule has 0 amide bonds. The number of esters is 1. The topological polar surface area (TPSA) is 274 Å². The number of hydrogen-bond acceptors (Lipinski definition) is 8. The fourth-order valence-corrected chi connectivity index (χ4v) is 3.57. The van der Waals surface area contributed by atoms with Crippen molar-refractivity contribution in [1.29, 1.82) is 5.26 Å². The van der Waals surface area contributed by atoms with Crippen LogP contribution < -0.4 is 63.9 Å². The molecule has 3 atom stereocenters. The molecule has 1 aliphatic carbocycles. The summed E-state index contributed by atoms with van der Waals surface area (Å²) in [6, 6.07) is 18.3. The van der Waals surface area contributed by atoms with Gasteiger partial charge in [-0.3, -0.25) is 13.2 Å². The smallest absolute Gasteiger partial charge is 0.768 e. The molecule has 1 saturated carbocycles. The van der Waals surface area contributed by atoms with E-state index in [1.165, 1.54) is 0 Å². The Hall–Kier alpha value is -0.420. The van der Waals surface area contributed by atoms with Crippen LogP contribution in [0.1, 0.15) is 25.5 Å². The molecule has 40 heavy (non-hydrogen) atoms. The summed E-state index contributed by atoms with van der Waals surface area (Å²) < 4.78 is 38.1. The van der Waals surface area contributed by atoms with Crippen LogP contribution in [0.3, 0.4) is 0 Å². The van der Waals surface area contributed by atoms with Crippen LogP contribution in [0.4, 0.5) is 0 Å². The maximum atomic E-state index is 12.6. The van der Waals surface area contributed by atoms with Crippen LogP contribution in [0.15, 0.2) is 65.2 Å². The summed E-state index contributed by atoms with van der Waals surface area (Å²) in [4.78, 5) is 12.6. The van der Waals surface area contributed by atoms with E-state index in [9.17, 15) is 10.1 Å². The number of carbonyl (C=O) groups excluding carboxylic acids is 1. The first kappa shape index (κ1) is 52.2. The largest absolute Gasteiger partial charge is 1.00 e. The van der Waals surface area contributed by atoms with Crippen molar-refractivity contribution in [3.8, 4) is 17.6 Å². The molecular formula is C22H29Cl2NNa2O11S2. The van der Waals surface area contributed by atoms with Crippen molar-refractivity contribution < 1.29 is 114 Å². The first-order valence-corrected chi connectivity index (χ1v) is 12.5. The second-order valence-corrected chi connectivity index (χ2v) is 10.7. The van der Waals surface area contributed by atoms with Gasteiger partial charge in [0.2, 0.25) is 6.10 Å². The number of benzene rings is 2. The van der Waals surface area contributed by atoms with Crippen molar-refractivity contribution in [1.82, 2.24) is 0 Å². The molecule has 0 bridgehead atoms. The Kier molecular flexibility index (Phi) is 30.2. The summed E-state index contributed by atoms with van der Waals surface area (Å²) >= 11 is 14.7. The SMILES string of the molecule is CC1(C)C(C=C(Cl)Cl)C1C(=O)OC(C#N)c1cccc(Oc2ccccc2)c1.O.O.O.O.O.O=S(=O)([O-])[S-].[Na+].[Na+]. The quantitative estimate of drug-likeness (QED) is 0.0946. The van der Waals surface area contributed by atoms with Crippen molar-refractivity contribution in [3.05, 3.63) is 70.7 Å². The zero-order valence-corrected chi connectivity index (χ0v) is 29.1. The average molecular weight is 664 g/mol. The van der Waals surface area contributed by atoms with E-state index >= 15 is 0 Å². The minimum atomic E-state index is -4.33. The maximum Gasteiger partial charge on any atom is 1.00 e. The molecule has 0 aromatic heterocycles. The van der Waals surface area contributed by atoms with Gasteiger partial charge in [-0.15, -0.1) is 0 Å². The summed E-state index contributed by atoms with van der Waals surface area (Å²) in [5, 5.41) is 9.53. The van der Waals surface area contributed by atoms with E-state index in [4.69, 9.17) is 45.6 Å². The van der Waals surface area contributed by atoms with Crippen molar-refractivity contribution in [2.45, 2.75) is 20.0 Å². The Bertz CT molecular complexity index is 1170. The van der Waals surface area contributed by atoms with E-state index in [2.05, 4.69) is 11.7 Å². The van der Waals surface area contributed by atoms with E-state index in [0.717, 1.165) is 0 Å². The third-order valence-corrected chi connectivity index (χ3v) is 5.21. The normalized spacial score (nSPS) is 15.7. The first-order valence-electron chi connectivity index (χ1n) is 9.45. The van der Waals surface area contributed by atoms with E-state index in [1.54, 1.807) is 30.3 Å². The third kappa shape index (κ3) is 17.5. The number of hydrogen-bond donors (Lipinski definition) is 0. The first-order chi connectivity index (χ1) is 15.3. The zero-order chi connectivity index (χ0) is 24.8. The Morgan fingerprint density at radius 1 is 1.02 bits per heavy atom. The zero-order valence-electron chi connectivity index (χ0n) is 22.0. The second kappa shape index (κ2) is 23.1. The Morgan fingerprint density at radius 3 is 1.95 bits per heavy atom. The molecular weight excluding hydrogens is 635 g/mol. The predicted molar refractivity (Wildman–Crippen MR) is 143 cm³/mol. The van der Waals surface area contributed by atoms with Gasteiger partial charge >= 0.3 is 65.1 Å². The summed E-state index contributed by atoms with van der Waals surface area (Å²) in [7, 11) is -4.33. The fourth-order valence-electron chi connectivity index (χ4n) is 3.30. The van der Waals surface area contributed by atoms with Crippen LogP contribution in [-0.2, 0) is 30.3 Å². The molecule has 0 saturated heterocycles. The molecule has 10 N–H and O–H groups in total. The molecule has 0 radical (unpaired) electrons. The van der Waals surface area contributed by atoms with Gasteiger partial charge in [-0.25, -0.2) is 0 Å². The standard InChI is InChI=1S/C22H19Cl2NO3.2Na.H2O3S2.5H2O/c1-22(2)17(12-19(23)24)20(22)21(26)28-18(13-25)14-7-6-10-16(11-14)27-15-8-4-3-5-9-15;;;1-5(2,3)4;;;;;/h3-12,17-18,20H,1-2H3;;;(H2,1,2,3,4);5*1H2/q;2*+1;;;;;;/p-2. The molecule has 2 aromatic rings. The Morgan fingerprint density at radius 2 is 1.50 bits per heavy atom. The summed E-state index contributed by atoms with van der Waals surface area (Å²) in [6.45, 7) is 3.87. The van der Waals surface area contributed by atoms with E-state index in [-0.39, 0.29) is 108 Å². The average Bonchev–Trinajstić information content (AvgIpc) is 3.24. The van der Waals surface area contributed by atoms with Gasteiger partial charge in [-0.2, -0.15) is 5.26 Å². The molecule has 0 heterocycles. The van der Waals surface area contributed by atoms with Gasteiger partial charge in [0.05, 0.1) is 5.92 Å². The van der Waals surface area contributed by atoms with E-state index in [1.807, 2.05) is 50.2 Å². The monoisotopic (exact) mass is 663 g/mol. The minimum Gasteiger partial charge on any atom is -0.768 e. The molecule has 18 heteroatoms. The van der Waals surface area contributed by atoms with E-state index < -0.39 is 21.2 Å². The van der Waals surface area contributed by atoms with Gasteiger partial charge in [-0.1, -0.05) is 67.4 Å². The van der Waals surface area contributed by atoms with Gasteiger partial charge in [0.25, 0.3) is 0 Å². The van der Waals surface area contributed by atoms with Crippen molar-refractivity contribution in [3.63, 3.8) is 0 Å². The van der Waals surface area contributed by atoms with Gasteiger partial charge in [0.15, 0.2) is 0 Å². The van der Waals surface area contributed by atoms with Crippen LogP contribution in [0.25, 0.3) is 0 Å². The van der Waals surface area contributed by atoms with Crippen molar-refractivity contribution in [2.24, 2.45) is 17.3 Å². The number of nitriles is 1. The van der Waals surface area contributed by atoms with Crippen LogP contribution in [0.5, 0.6) is 11.5 Å². The molecule has 216 valence electrons. The van der Waals surface area contributed by atoms with Crippen molar-refractivity contribution in [2.75, 3.05) is 0 Å². The van der Waals surface area contributed by atoms with Gasteiger partial charge in [0.1, 0.15) is 22.1 Å². The molecule has 3 rings (SSSR count). The van der Waals surface area contributed by atoms with Gasteiger partial charge in [-0.05, 0) is 50.8 Å². The summed E-state index contributed by atoms with van der Waals surface area (Å²) in [6.07, 6.45) is 0.615. The van der Waals surface area contributed by atoms with Crippen molar-refractivity contribution >= 4 is 50.0 Å². The van der Waals surface area contributed by atoms with Crippen LogP contribution >= 0.6 is 23.2 Å². The maximum absolute atomic E-state index is 12.6. The summed E-state index contributed by atoms with van der Waals surface area (Å²) in [5.41, 5.74) is 0.231. The summed E-state index contributed by atoms with van der Waals surface area (Å²) in [5.74, 6) is 0.289. The van der Waals surface area contributed by atoms with E-state index in [0.29, 0.717) is 17.1 Å². The van der Waals surface area contributed by atoms with Gasteiger partial charge < -0.3 is 53.1 Å².